The van der Waals surface area contributed by atoms with Gasteiger partial charge < -0.3 is 0 Å². The predicted molar refractivity (Wildman–Crippen MR) is 71.6 cm³/mol. The van der Waals surface area contributed by atoms with Gasteiger partial charge in [0.15, 0.2) is 0 Å². The third-order valence-electron chi connectivity index (χ3n) is 2.84. The Morgan fingerprint density at radius 2 is 1.56 bits per heavy atom. The lowest BCUT2D eigenvalue weighted by Gasteiger charge is -2.04. The summed E-state index contributed by atoms with van der Waals surface area (Å²) in [5.74, 6) is -0.233. The zero-order valence-electron chi connectivity index (χ0n) is 10.7. The predicted octanol–water partition coefficient (Wildman–Crippen LogP) is 3.71. The van der Waals surface area contributed by atoms with E-state index in [0.717, 1.165) is 22.8 Å². The molecule has 0 spiro atoms. The average Bonchev–Trinajstić information content (AvgIpc) is 2.34. The van der Waals surface area contributed by atoms with Crippen LogP contribution in [-0.2, 0) is 0 Å². The fourth-order valence-electron chi connectivity index (χ4n) is 1.67. The monoisotopic (exact) mass is 242 g/mol. The van der Waals surface area contributed by atoms with Gasteiger partial charge in [-0.15, -0.1) is 0 Å². The summed E-state index contributed by atoms with van der Waals surface area (Å²) >= 11 is 0. The summed E-state index contributed by atoms with van der Waals surface area (Å²) in [5, 5.41) is 0. The zero-order valence-corrected chi connectivity index (χ0v) is 10.7. The maximum absolute atomic E-state index is 13.4. The molecule has 1 aromatic heterocycles. The standard InChI is InChI=1S/C15H15FN2/c1-10-11(2)18-15(12(3)17-10)9-8-13-6-4-5-7-14(13)16/h4-9H,1-3H3. The maximum Gasteiger partial charge on any atom is 0.130 e. The first kappa shape index (κ1) is 12.4. The fourth-order valence-corrected chi connectivity index (χ4v) is 1.67. The molecule has 0 aliphatic carbocycles. The van der Waals surface area contributed by atoms with Crippen LogP contribution in [0.2, 0.25) is 0 Å². The highest BCUT2D eigenvalue weighted by atomic mass is 19.1. The summed E-state index contributed by atoms with van der Waals surface area (Å²) in [6, 6.07) is 6.66. The Balaban J connectivity index is 2.35. The first-order valence-corrected chi connectivity index (χ1v) is 5.82. The van der Waals surface area contributed by atoms with E-state index >= 15 is 0 Å². The number of hydrogen-bond donors (Lipinski definition) is 0. The van der Waals surface area contributed by atoms with E-state index in [-0.39, 0.29) is 5.82 Å². The van der Waals surface area contributed by atoms with E-state index in [9.17, 15) is 4.39 Å². The SMILES string of the molecule is Cc1nc(C)c(C=Cc2ccccc2F)nc1C. The van der Waals surface area contributed by atoms with Crippen molar-refractivity contribution in [3.05, 3.63) is 58.4 Å². The van der Waals surface area contributed by atoms with Crippen molar-refractivity contribution in [3.63, 3.8) is 0 Å². The number of aromatic nitrogens is 2. The maximum atomic E-state index is 13.4. The number of nitrogens with zero attached hydrogens (tertiary/aromatic N) is 2. The topological polar surface area (TPSA) is 25.8 Å². The highest BCUT2D eigenvalue weighted by Crippen LogP contribution is 2.13. The largest absolute Gasteiger partial charge is 0.254 e. The molecule has 2 rings (SSSR count). The van der Waals surface area contributed by atoms with Crippen LogP contribution < -0.4 is 0 Å². The molecule has 3 heteroatoms. The Morgan fingerprint density at radius 3 is 2.28 bits per heavy atom. The van der Waals surface area contributed by atoms with Gasteiger partial charge in [-0.25, -0.2) is 9.37 Å². The number of halogens is 1. The van der Waals surface area contributed by atoms with Crippen molar-refractivity contribution in [3.8, 4) is 0 Å². The Labute approximate surface area is 106 Å². The van der Waals surface area contributed by atoms with Crippen LogP contribution in [0.3, 0.4) is 0 Å². The molecule has 0 atom stereocenters. The van der Waals surface area contributed by atoms with Crippen molar-refractivity contribution in [2.24, 2.45) is 0 Å². The van der Waals surface area contributed by atoms with E-state index < -0.39 is 0 Å². The van der Waals surface area contributed by atoms with Gasteiger partial charge in [0.1, 0.15) is 5.82 Å². The molecule has 0 saturated carbocycles. The molecule has 92 valence electrons. The van der Waals surface area contributed by atoms with Gasteiger partial charge in [-0.1, -0.05) is 18.2 Å². The molecule has 2 nitrogen and oxygen atoms in total. The lowest BCUT2D eigenvalue weighted by molar-refractivity contribution is 0.625. The average molecular weight is 242 g/mol. The normalized spacial score (nSPS) is 11.1. The summed E-state index contributed by atoms with van der Waals surface area (Å²) in [6.07, 6.45) is 3.52. The van der Waals surface area contributed by atoms with Crippen LogP contribution in [0.25, 0.3) is 12.2 Å². The van der Waals surface area contributed by atoms with Gasteiger partial charge in [0.05, 0.1) is 22.8 Å². The summed E-state index contributed by atoms with van der Waals surface area (Å²) in [7, 11) is 0. The smallest absolute Gasteiger partial charge is 0.130 e. The van der Waals surface area contributed by atoms with E-state index in [4.69, 9.17) is 0 Å². The summed E-state index contributed by atoms with van der Waals surface area (Å²) in [4.78, 5) is 8.85. The lowest BCUT2D eigenvalue weighted by atomic mass is 10.1. The third kappa shape index (κ3) is 2.62. The molecular weight excluding hydrogens is 227 g/mol. The Morgan fingerprint density at radius 1 is 0.889 bits per heavy atom. The van der Waals surface area contributed by atoms with Crippen molar-refractivity contribution in [2.45, 2.75) is 20.8 Å². The van der Waals surface area contributed by atoms with E-state index in [1.165, 1.54) is 6.07 Å². The summed E-state index contributed by atoms with van der Waals surface area (Å²) in [6.45, 7) is 5.75. The van der Waals surface area contributed by atoms with E-state index in [1.807, 2.05) is 26.8 Å². The quantitative estimate of drug-likeness (QED) is 0.802. The molecule has 0 bridgehead atoms. The molecule has 0 saturated heterocycles. The zero-order chi connectivity index (χ0) is 13.1. The number of benzene rings is 1. The second-order valence-electron chi connectivity index (χ2n) is 4.22. The number of rotatable bonds is 2. The molecule has 0 N–H and O–H groups in total. The fraction of sp³-hybridized carbons (Fsp3) is 0.200. The van der Waals surface area contributed by atoms with E-state index in [0.29, 0.717) is 5.56 Å². The molecule has 0 unspecified atom stereocenters. The molecule has 1 aromatic carbocycles. The molecule has 2 aromatic rings. The van der Waals surface area contributed by atoms with E-state index in [2.05, 4.69) is 9.97 Å². The van der Waals surface area contributed by atoms with Gasteiger partial charge >= 0.3 is 0 Å². The van der Waals surface area contributed by atoms with Crippen LogP contribution in [0.1, 0.15) is 28.3 Å². The molecule has 0 fully saturated rings. The minimum Gasteiger partial charge on any atom is -0.254 e. The van der Waals surface area contributed by atoms with Gasteiger partial charge in [0.25, 0.3) is 0 Å². The first-order valence-electron chi connectivity index (χ1n) is 5.82. The lowest BCUT2D eigenvalue weighted by Crippen LogP contribution is -1.98. The van der Waals surface area contributed by atoms with Crippen molar-refractivity contribution < 1.29 is 4.39 Å². The van der Waals surface area contributed by atoms with Gasteiger partial charge in [-0.05, 0) is 39.0 Å². The van der Waals surface area contributed by atoms with Crippen LogP contribution in [0.15, 0.2) is 24.3 Å². The van der Waals surface area contributed by atoms with Crippen LogP contribution >= 0.6 is 0 Å². The summed E-state index contributed by atoms with van der Waals surface area (Å²) < 4.78 is 13.4. The van der Waals surface area contributed by atoms with Gasteiger partial charge in [-0.3, -0.25) is 4.98 Å². The highest BCUT2D eigenvalue weighted by Gasteiger charge is 2.02. The molecular formula is C15H15FN2. The van der Waals surface area contributed by atoms with Crippen LogP contribution in [0, 0.1) is 26.6 Å². The Bertz CT molecular complexity index is 603. The molecule has 1 heterocycles. The van der Waals surface area contributed by atoms with Crippen molar-refractivity contribution in [1.29, 1.82) is 0 Å². The van der Waals surface area contributed by atoms with Crippen LogP contribution in [0.5, 0.6) is 0 Å². The van der Waals surface area contributed by atoms with Crippen LogP contribution in [-0.4, -0.2) is 9.97 Å². The molecule has 0 aliphatic rings. The Hall–Kier alpha value is -2.03. The van der Waals surface area contributed by atoms with E-state index in [1.54, 1.807) is 24.3 Å². The summed E-state index contributed by atoms with van der Waals surface area (Å²) in [5.41, 5.74) is 4.01. The minimum atomic E-state index is -0.233. The van der Waals surface area contributed by atoms with Crippen molar-refractivity contribution >= 4 is 12.2 Å². The molecule has 0 radical (unpaired) electrons. The second kappa shape index (κ2) is 5.08. The molecule has 18 heavy (non-hydrogen) atoms. The Kier molecular flexibility index (Phi) is 3.51. The van der Waals surface area contributed by atoms with Gasteiger partial charge in [0.2, 0.25) is 0 Å². The number of aryl methyl sites for hydroxylation is 3. The highest BCUT2D eigenvalue weighted by molar-refractivity contribution is 5.69. The van der Waals surface area contributed by atoms with Crippen molar-refractivity contribution in [1.82, 2.24) is 9.97 Å². The molecule has 0 aliphatic heterocycles. The van der Waals surface area contributed by atoms with Crippen molar-refractivity contribution in [2.75, 3.05) is 0 Å². The third-order valence-corrected chi connectivity index (χ3v) is 2.84. The van der Waals surface area contributed by atoms with Crippen LogP contribution in [0.4, 0.5) is 4.39 Å². The molecule has 0 amide bonds. The first-order chi connectivity index (χ1) is 8.58. The second-order valence-corrected chi connectivity index (χ2v) is 4.22. The minimum absolute atomic E-state index is 0.233. The van der Waals surface area contributed by atoms with Gasteiger partial charge in [0, 0.05) is 5.56 Å². The van der Waals surface area contributed by atoms with Gasteiger partial charge in [-0.2, -0.15) is 0 Å². The number of hydrogen-bond acceptors (Lipinski definition) is 2.